The summed E-state index contributed by atoms with van der Waals surface area (Å²) >= 11 is 0. The van der Waals surface area contributed by atoms with Gasteiger partial charge in [-0.25, -0.2) is 0 Å². The van der Waals surface area contributed by atoms with Crippen LogP contribution < -0.4 is 0 Å². The topological polar surface area (TPSA) is 17.1 Å². The highest BCUT2D eigenvalue weighted by Gasteiger charge is 2.18. The first-order valence-electron chi connectivity index (χ1n) is 5.81. The molecule has 0 saturated heterocycles. The molecule has 0 spiro atoms. The van der Waals surface area contributed by atoms with Crippen LogP contribution >= 0.6 is 0 Å². The molecule has 15 heavy (non-hydrogen) atoms. The molecule has 0 unspecified atom stereocenters. The van der Waals surface area contributed by atoms with Crippen LogP contribution in [0.25, 0.3) is 0 Å². The van der Waals surface area contributed by atoms with Gasteiger partial charge in [0.25, 0.3) is 0 Å². The third kappa shape index (κ3) is 2.92. The summed E-state index contributed by atoms with van der Waals surface area (Å²) in [5.41, 5.74) is 2.73. The number of hydrogen-bond acceptors (Lipinski definition) is 1. The molecule has 0 aliphatic heterocycles. The van der Waals surface area contributed by atoms with E-state index in [0.717, 1.165) is 38.0 Å². The molecule has 0 radical (unpaired) electrons. The van der Waals surface area contributed by atoms with Crippen molar-refractivity contribution in [3.63, 3.8) is 0 Å². The lowest BCUT2D eigenvalue weighted by Crippen LogP contribution is -2.15. The largest absolute Gasteiger partial charge is 0.300 e. The number of hydrogen-bond donors (Lipinski definition) is 0. The Balaban J connectivity index is 1.91. The molecule has 80 valence electrons. The molecule has 0 N–H and O–H groups in total. The van der Waals surface area contributed by atoms with E-state index in [1.54, 1.807) is 0 Å². The molecule has 1 aliphatic carbocycles. The average molecular weight is 202 g/mol. The van der Waals surface area contributed by atoms with Gasteiger partial charge in [-0.05, 0) is 37.7 Å². The van der Waals surface area contributed by atoms with Gasteiger partial charge >= 0.3 is 0 Å². The van der Waals surface area contributed by atoms with Gasteiger partial charge < -0.3 is 0 Å². The number of benzene rings is 1. The van der Waals surface area contributed by atoms with Gasteiger partial charge in [-0.1, -0.05) is 29.8 Å². The van der Waals surface area contributed by atoms with Crippen molar-refractivity contribution in [2.24, 2.45) is 5.92 Å². The van der Waals surface area contributed by atoms with Gasteiger partial charge in [0.05, 0.1) is 0 Å². The first kappa shape index (κ1) is 10.4. The Hall–Kier alpha value is -1.11. The SMILES string of the molecule is Cc1ccc(CC2CCC(=O)CC2)cc1. The van der Waals surface area contributed by atoms with Gasteiger partial charge in [0.1, 0.15) is 5.78 Å². The van der Waals surface area contributed by atoms with E-state index in [4.69, 9.17) is 0 Å². The van der Waals surface area contributed by atoms with Crippen molar-refractivity contribution < 1.29 is 4.79 Å². The standard InChI is InChI=1S/C14H18O/c1-11-2-4-12(5-3-11)10-13-6-8-14(15)9-7-13/h2-5,13H,6-10H2,1H3. The molecule has 1 heteroatoms. The highest BCUT2D eigenvalue weighted by molar-refractivity contribution is 5.79. The van der Waals surface area contributed by atoms with Crippen LogP contribution in [0.3, 0.4) is 0 Å². The third-order valence-electron chi connectivity index (χ3n) is 3.31. The lowest BCUT2D eigenvalue weighted by atomic mass is 9.84. The lowest BCUT2D eigenvalue weighted by molar-refractivity contribution is -0.120. The van der Waals surface area contributed by atoms with Gasteiger partial charge in [-0.2, -0.15) is 0 Å². The number of ketones is 1. The first-order valence-corrected chi connectivity index (χ1v) is 5.81. The number of carbonyl (C=O) groups is 1. The Labute approximate surface area is 91.5 Å². The summed E-state index contributed by atoms with van der Waals surface area (Å²) in [6, 6.07) is 8.77. The van der Waals surface area contributed by atoms with Crippen molar-refractivity contribution in [2.45, 2.75) is 39.0 Å². The summed E-state index contributed by atoms with van der Waals surface area (Å²) in [6.07, 6.45) is 4.93. The minimum absolute atomic E-state index is 0.454. The summed E-state index contributed by atoms with van der Waals surface area (Å²) < 4.78 is 0. The van der Waals surface area contributed by atoms with Crippen LogP contribution in [0.15, 0.2) is 24.3 Å². The first-order chi connectivity index (χ1) is 7.24. The second-order valence-electron chi connectivity index (χ2n) is 4.67. The maximum absolute atomic E-state index is 11.1. The van der Waals surface area contributed by atoms with E-state index in [1.165, 1.54) is 11.1 Å². The van der Waals surface area contributed by atoms with Crippen LogP contribution in [0.1, 0.15) is 36.8 Å². The van der Waals surface area contributed by atoms with Gasteiger partial charge in [-0.3, -0.25) is 4.79 Å². The second-order valence-corrected chi connectivity index (χ2v) is 4.67. The van der Waals surface area contributed by atoms with E-state index in [0.29, 0.717) is 5.78 Å². The Morgan fingerprint density at radius 3 is 2.33 bits per heavy atom. The zero-order valence-corrected chi connectivity index (χ0v) is 9.33. The van der Waals surface area contributed by atoms with Gasteiger partial charge in [0, 0.05) is 12.8 Å². The molecule has 1 aromatic rings. The molecule has 0 bridgehead atoms. The van der Waals surface area contributed by atoms with E-state index in [9.17, 15) is 4.79 Å². The maximum Gasteiger partial charge on any atom is 0.132 e. The molecule has 0 amide bonds. The fraction of sp³-hybridized carbons (Fsp3) is 0.500. The van der Waals surface area contributed by atoms with Gasteiger partial charge in [-0.15, -0.1) is 0 Å². The molecule has 1 nitrogen and oxygen atoms in total. The van der Waals surface area contributed by atoms with Gasteiger partial charge in [0.2, 0.25) is 0 Å². The van der Waals surface area contributed by atoms with Crippen molar-refractivity contribution >= 4 is 5.78 Å². The Bertz CT molecular complexity index is 327. The van der Waals surface area contributed by atoms with E-state index < -0.39 is 0 Å². The van der Waals surface area contributed by atoms with E-state index in [2.05, 4.69) is 31.2 Å². The Kier molecular flexibility index (Phi) is 3.20. The van der Waals surface area contributed by atoms with Crippen molar-refractivity contribution in [3.05, 3.63) is 35.4 Å². The van der Waals surface area contributed by atoms with Crippen LogP contribution in [0.4, 0.5) is 0 Å². The van der Waals surface area contributed by atoms with E-state index >= 15 is 0 Å². The van der Waals surface area contributed by atoms with Crippen LogP contribution in [0, 0.1) is 12.8 Å². The van der Waals surface area contributed by atoms with Crippen LogP contribution in [0.5, 0.6) is 0 Å². The van der Waals surface area contributed by atoms with Crippen LogP contribution in [0.2, 0.25) is 0 Å². The monoisotopic (exact) mass is 202 g/mol. The van der Waals surface area contributed by atoms with Gasteiger partial charge in [0.15, 0.2) is 0 Å². The normalized spacial score (nSPS) is 18.1. The average Bonchev–Trinajstić information content (AvgIpc) is 2.25. The van der Waals surface area contributed by atoms with Crippen molar-refractivity contribution in [3.8, 4) is 0 Å². The van der Waals surface area contributed by atoms with E-state index in [1.807, 2.05) is 0 Å². The minimum atomic E-state index is 0.454. The van der Waals surface area contributed by atoms with Crippen LogP contribution in [-0.2, 0) is 11.2 Å². The molecule has 0 aromatic heterocycles. The summed E-state index contributed by atoms with van der Waals surface area (Å²) in [7, 11) is 0. The predicted octanol–water partition coefficient (Wildman–Crippen LogP) is 3.30. The van der Waals surface area contributed by atoms with Crippen LogP contribution in [-0.4, -0.2) is 5.78 Å². The predicted molar refractivity (Wildman–Crippen MR) is 61.8 cm³/mol. The summed E-state index contributed by atoms with van der Waals surface area (Å²) in [5.74, 6) is 1.18. The number of Topliss-reactive ketones (excluding diaryl/α,β-unsaturated/α-hetero) is 1. The molecule has 1 aliphatic rings. The molecular weight excluding hydrogens is 184 g/mol. The molecule has 2 rings (SSSR count). The molecule has 1 aromatic carbocycles. The molecule has 0 atom stereocenters. The quantitative estimate of drug-likeness (QED) is 0.719. The summed E-state index contributed by atoms with van der Waals surface area (Å²) in [6.45, 7) is 2.11. The highest BCUT2D eigenvalue weighted by atomic mass is 16.1. The van der Waals surface area contributed by atoms with E-state index in [-0.39, 0.29) is 0 Å². The van der Waals surface area contributed by atoms with Crippen molar-refractivity contribution in [2.75, 3.05) is 0 Å². The van der Waals surface area contributed by atoms with Crippen molar-refractivity contribution in [1.29, 1.82) is 0 Å². The highest BCUT2D eigenvalue weighted by Crippen LogP contribution is 2.25. The molecular formula is C14H18O. The minimum Gasteiger partial charge on any atom is -0.300 e. The Morgan fingerprint density at radius 1 is 1.13 bits per heavy atom. The second kappa shape index (κ2) is 4.61. The third-order valence-corrected chi connectivity index (χ3v) is 3.31. The zero-order valence-electron chi connectivity index (χ0n) is 9.33. The maximum atomic E-state index is 11.1. The fourth-order valence-corrected chi connectivity index (χ4v) is 2.26. The number of rotatable bonds is 2. The summed E-state index contributed by atoms with van der Waals surface area (Å²) in [5, 5.41) is 0. The zero-order chi connectivity index (χ0) is 10.7. The Morgan fingerprint density at radius 2 is 1.73 bits per heavy atom. The summed E-state index contributed by atoms with van der Waals surface area (Å²) in [4.78, 5) is 11.1. The fourth-order valence-electron chi connectivity index (χ4n) is 2.26. The number of aryl methyl sites for hydroxylation is 1. The smallest absolute Gasteiger partial charge is 0.132 e. The van der Waals surface area contributed by atoms with Crippen molar-refractivity contribution in [1.82, 2.24) is 0 Å². The molecule has 1 saturated carbocycles. The molecule has 0 heterocycles. The molecule has 1 fully saturated rings. The number of carbonyl (C=O) groups excluding carboxylic acids is 1. The lowest BCUT2D eigenvalue weighted by Gasteiger charge is -2.20.